The first-order chi connectivity index (χ1) is 17.1. The third-order valence-electron chi connectivity index (χ3n) is 6.67. The topological polar surface area (TPSA) is 58.6 Å². The first-order valence-corrected chi connectivity index (χ1v) is 13.6. The number of allylic oxidation sites excluding steroid dienone is 1. The Morgan fingerprint density at radius 1 is 1.19 bits per heavy atom. The van der Waals surface area contributed by atoms with Crippen LogP contribution in [0.3, 0.4) is 0 Å². The van der Waals surface area contributed by atoms with E-state index < -0.39 is 15.8 Å². The van der Waals surface area contributed by atoms with Crippen molar-refractivity contribution in [3.05, 3.63) is 82.1 Å². The van der Waals surface area contributed by atoms with Gasteiger partial charge < -0.3 is 10.1 Å². The minimum Gasteiger partial charge on any atom is -0.496 e. The highest BCUT2D eigenvalue weighted by Crippen LogP contribution is 2.40. The van der Waals surface area contributed by atoms with E-state index in [9.17, 15) is 12.8 Å². The van der Waals surface area contributed by atoms with E-state index in [0.29, 0.717) is 27.6 Å². The van der Waals surface area contributed by atoms with Gasteiger partial charge in [-0.25, -0.2) is 12.8 Å². The van der Waals surface area contributed by atoms with Gasteiger partial charge in [-0.05, 0) is 74.2 Å². The van der Waals surface area contributed by atoms with Crippen molar-refractivity contribution in [3.63, 3.8) is 0 Å². The number of halogens is 2. The van der Waals surface area contributed by atoms with Gasteiger partial charge in [-0.1, -0.05) is 42.8 Å². The van der Waals surface area contributed by atoms with Crippen LogP contribution in [0.2, 0.25) is 5.02 Å². The highest BCUT2D eigenvalue weighted by atomic mass is 35.5. The molecule has 0 amide bonds. The van der Waals surface area contributed by atoms with Crippen LogP contribution in [0.1, 0.15) is 43.9 Å². The predicted octanol–water partition coefficient (Wildman–Crippen LogP) is 7.14. The summed E-state index contributed by atoms with van der Waals surface area (Å²) in [6.07, 6.45) is 2.55. The summed E-state index contributed by atoms with van der Waals surface area (Å²) in [4.78, 5) is 0.162. The summed E-state index contributed by atoms with van der Waals surface area (Å²) in [6.45, 7) is 7.58. The monoisotopic (exact) mass is 528 g/mol. The van der Waals surface area contributed by atoms with Crippen LogP contribution in [0, 0.1) is 12.7 Å². The average Bonchev–Trinajstić information content (AvgIpc) is 2.83. The molecule has 190 valence electrons. The molecule has 4 rings (SSSR count). The van der Waals surface area contributed by atoms with Gasteiger partial charge in [0.05, 0.1) is 34.4 Å². The molecule has 0 fully saturated rings. The fourth-order valence-electron chi connectivity index (χ4n) is 4.71. The maximum Gasteiger partial charge on any atom is 0.264 e. The number of sulfonamides is 1. The quantitative estimate of drug-likeness (QED) is 0.345. The zero-order valence-electron chi connectivity index (χ0n) is 21.0. The highest BCUT2D eigenvalue weighted by molar-refractivity contribution is 7.92. The lowest BCUT2D eigenvalue weighted by Crippen LogP contribution is -2.51. The van der Waals surface area contributed by atoms with Gasteiger partial charge in [0.1, 0.15) is 11.6 Å². The van der Waals surface area contributed by atoms with Gasteiger partial charge in [0.15, 0.2) is 0 Å². The SMILES string of the molecule is CCC1Nc2ccc(C=C(C)c3c(F)cccc3Cl)cc2N(S(=O)(=O)c2ccc(C)c(OC)c2)C1C. The Morgan fingerprint density at radius 2 is 1.94 bits per heavy atom. The third kappa shape index (κ3) is 4.70. The summed E-state index contributed by atoms with van der Waals surface area (Å²) in [5.41, 5.74) is 3.81. The summed E-state index contributed by atoms with van der Waals surface area (Å²) in [5, 5.41) is 3.80. The van der Waals surface area contributed by atoms with Crippen LogP contribution in [0.5, 0.6) is 5.75 Å². The minimum absolute atomic E-state index is 0.0695. The number of nitrogens with zero attached hydrogens (tertiary/aromatic N) is 1. The van der Waals surface area contributed by atoms with Gasteiger partial charge in [0, 0.05) is 17.7 Å². The second kappa shape index (κ2) is 10.1. The van der Waals surface area contributed by atoms with Crippen molar-refractivity contribution in [2.24, 2.45) is 0 Å². The molecule has 2 unspecified atom stereocenters. The molecule has 0 spiro atoms. The Hall–Kier alpha value is -3.03. The van der Waals surface area contributed by atoms with Crippen LogP contribution in [0.15, 0.2) is 59.5 Å². The predicted molar refractivity (Wildman–Crippen MR) is 146 cm³/mol. The van der Waals surface area contributed by atoms with Crippen molar-refractivity contribution < 1.29 is 17.5 Å². The molecular weight excluding hydrogens is 499 g/mol. The van der Waals surface area contributed by atoms with Gasteiger partial charge in [0.25, 0.3) is 10.0 Å². The second-order valence-corrected chi connectivity index (χ2v) is 11.3. The number of methoxy groups -OCH3 is 1. The number of rotatable bonds is 6. The Morgan fingerprint density at radius 3 is 2.61 bits per heavy atom. The second-order valence-electron chi connectivity index (χ2n) is 9.03. The maximum absolute atomic E-state index is 14.5. The van der Waals surface area contributed by atoms with Crippen molar-refractivity contribution in [1.82, 2.24) is 0 Å². The molecule has 5 nitrogen and oxygen atoms in total. The Kier molecular flexibility index (Phi) is 7.34. The maximum atomic E-state index is 14.5. The number of hydrogen-bond acceptors (Lipinski definition) is 4. The number of hydrogen-bond donors (Lipinski definition) is 1. The molecule has 3 aromatic rings. The standard InChI is InChI=1S/C28H30ClFN2O3S/c1-6-24-19(4)32(36(33,34)21-12-10-17(2)27(16-21)35-5)26-15-20(11-13-25(26)31-24)14-18(3)28-22(29)8-7-9-23(28)30/h7-16,19,24,31H,6H2,1-5H3. The van der Waals surface area contributed by atoms with E-state index in [-0.39, 0.29) is 17.0 Å². The lowest BCUT2D eigenvalue weighted by molar-refractivity contribution is 0.410. The van der Waals surface area contributed by atoms with Gasteiger partial charge in [-0.2, -0.15) is 0 Å². The van der Waals surface area contributed by atoms with E-state index in [0.717, 1.165) is 23.2 Å². The number of ether oxygens (including phenoxy) is 1. The number of benzene rings is 3. The van der Waals surface area contributed by atoms with Gasteiger partial charge in [-0.3, -0.25) is 4.31 Å². The first kappa shape index (κ1) is 26.0. The largest absolute Gasteiger partial charge is 0.496 e. The van der Waals surface area contributed by atoms with E-state index in [1.807, 2.05) is 39.0 Å². The highest BCUT2D eigenvalue weighted by Gasteiger charge is 2.38. The van der Waals surface area contributed by atoms with Crippen LogP contribution in [0.25, 0.3) is 11.6 Å². The number of nitrogens with one attached hydrogen (secondary N) is 1. The molecule has 0 aromatic heterocycles. The smallest absolute Gasteiger partial charge is 0.264 e. The van der Waals surface area contributed by atoms with Crippen molar-refractivity contribution in [2.75, 3.05) is 16.7 Å². The molecule has 8 heteroatoms. The first-order valence-electron chi connectivity index (χ1n) is 11.8. The van der Waals surface area contributed by atoms with E-state index >= 15 is 0 Å². The normalized spacial score (nSPS) is 18.0. The van der Waals surface area contributed by atoms with Crippen LogP contribution in [0.4, 0.5) is 15.8 Å². The Balaban J connectivity index is 1.85. The van der Waals surface area contributed by atoms with Crippen LogP contribution >= 0.6 is 11.6 Å². The van der Waals surface area contributed by atoms with E-state index in [1.54, 1.807) is 43.3 Å². The Labute approximate surface area is 217 Å². The zero-order valence-corrected chi connectivity index (χ0v) is 22.5. The molecule has 0 radical (unpaired) electrons. The summed E-state index contributed by atoms with van der Waals surface area (Å²) in [5.74, 6) is 0.105. The lowest BCUT2D eigenvalue weighted by Gasteiger charge is -2.42. The fourth-order valence-corrected chi connectivity index (χ4v) is 6.74. The molecule has 0 bridgehead atoms. The molecular formula is C28H30ClFN2O3S. The van der Waals surface area contributed by atoms with Crippen molar-refractivity contribution in [2.45, 2.75) is 51.1 Å². The minimum atomic E-state index is -3.92. The number of anilines is 2. The van der Waals surface area contributed by atoms with Gasteiger partial charge >= 0.3 is 0 Å². The summed E-state index contributed by atoms with van der Waals surface area (Å²) in [7, 11) is -2.39. The molecule has 1 heterocycles. The van der Waals surface area contributed by atoms with Crippen LogP contribution in [-0.4, -0.2) is 27.6 Å². The summed E-state index contributed by atoms with van der Waals surface area (Å²) in [6, 6.07) is 14.6. The molecule has 0 saturated heterocycles. The van der Waals surface area contributed by atoms with E-state index in [1.165, 1.54) is 17.5 Å². The molecule has 2 atom stereocenters. The van der Waals surface area contributed by atoms with Crippen molar-refractivity contribution >= 4 is 44.6 Å². The van der Waals surface area contributed by atoms with Crippen molar-refractivity contribution in [3.8, 4) is 5.75 Å². The van der Waals surface area contributed by atoms with Gasteiger partial charge in [-0.15, -0.1) is 0 Å². The Bertz CT molecular complexity index is 1420. The summed E-state index contributed by atoms with van der Waals surface area (Å²) < 4.78 is 49.4. The van der Waals surface area contributed by atoms with E-state index in [2.05, 4.69) is 5.32 Å². The number of aryl methyl sites for hydroxylation is 1. The molecule has 0 aliphatic carbocycles. The molecule has 36 heavy (non-hydrogen) atoms. The third-order valence-corrected chi connectivity index (χ3v) is 8.88. The fraction of sp³-hybridized carbons (Fsp3) is 0.286. The molecule has 1 N–H and O–H groups in total. The lowest BCUT2D eigenvalue weighted by atomic mass is 9.99. The van der Waals surface area contributed by atoms with Crippen LogP contribution in [-0.2, 0) is 10.0 Å². The summed E-state index contributed by atoms with van der Waals surface area (Å²) >= 11 is 6.26. The van der Waals surface area contributed by atoms with Crippen molar-refractivity contribution in [1.29, 1.82) is 0 Å². The average molecular weight is 529 g/mol. The zero-order chi connectivity index (χ0) is 26.2. The van der Waals surface area contributed by atoms with Crippen LogP contribution < -0.4 is 14.4 Å². The molecule has 1 aliphatic rings. The van der Waals surface area contributed by atoms with E-state index in [4.69, 9.17) is 16.3 Å². The molecule has 1 aliphatic heterocycles. The molecule has 0 saturated carbocycles. The number of fused-ring (bicyclic) bond motifs is 1. The van der Waals surface area contributed by atoms with Gasteiger partial charge in [0.2, 0.25) is 0 Å². The molecule has 3 aromatic carbocycles.